The fourth-order valence-electron chi connectivity index (χ4n) is 1.47. The second-order valence-corrected chi connectivity index (χ2v) is 4.05. The molecule has 19 heavy (non-hydrogen) atoms. The number of carbonyl (C=O) groups is 1. The Bertz CT molecular complexity index is 643. The molecular weight excluding hydrogens is 234 g/mol. The van der Waals surface area contributed by atoms with Gasteiger partial charge in [0.05, 0.1) is 0 Å². The summed E-state index contributed by atoms with van der Waals surface area (Å²) in [6.07, 6.45) is 4.58. The molecule has 0 amide bonds. The van der Waals surface area contributed by atoms with Gasteiger partial charge in [0.25, 0.3) is 0 Å². The molecular formula is C17H13NO. The van der Waals surface area contributed by atoms with E-state index in [1.165, 1.54) is 11.6 Å². The summed E-state index contributed by atoms with van der Waals surface area (Å²) < 4.78 is 0. The van der Waals surface area contributed by atoms with Crippen LogP contribution in [0.5, 0.6) is 0 Å². The van der Waals surface area contributed by atoms with Crippen molar-refractivity contribution in [2.75, 3.05) is 0 Å². The standard InChI is InChI=1S/C17H13NO/c1-14-9-11-15(12-10-14)6-2-3-8-17(19)16-7-4-5-13-18-16/h3-5,7-13H,1H3/b8-3+. The van der Waals surface area contributed by atoms with Crippen LogP contribution < -0.4 is 0 Å². The van der Waals surface area contributed by atoms with E-state index in [-0.39, 0.29) is 5.78 Å². The van der Waals surface area contributed by atoms with Gasteiger partial charge in [0.15, 0.2) is 0 Å². The Morgan fingerprint density at radius 2 is 1.95 bits per heavy atom. The van der Waals surface area contributed by atoms with E-state index in [0.29, 0.717) is 5.69 Å². The summed E-state index contributed by atoms with van der Waals surface area (Å²) in [5.41, 5.74) is 2.56. The lowest BCUT2D eigenvalue weighted by Crippen LogP contribution is -1.96. The Morgan fingerprint density at radius 1 is 1.16 bits per heavy atom. The Kier molecular flexibility index (Phi) is 4.25. The van der Waals surface area contributed by atoms with Gasteiger partial charge in [0.1, 0.15) is 5.69 Å². The van der Waals surface area contributed by atoms with E-state index in [9.17, 15) is 4.79 Å². The van der Waals surface area contributed by atoms with Gasteiger partial charge < -0.3 is 0 Å². The van der Waals surface area contributed by atoms with Crippen molar-refractivity contribution in [3.63, 3.8) is 0 Å². The highest BCUT2D eigenvalue weighted by Crippen LogP contribution is 2.01. The van der Waals surface area contributed by atoms with Crippen molar-refractivity contribution in [3.05, 3.63) is 77.6 Å². The topological polar surface area (TPSA) is 30.0 Å². The van der Waals surface area contributed by atoms with Crippen molar-refractivity contribution in [1.29, 1.82) is 0 Å². The normalized spacial score (nSPS) is 9.95. The minimum Gasteiger partial charge on any atom is -0.288 e. The molecule has 2 heteroatoms. The minimum atomic E-state index is -0.140. The average molecular weight is 247 g/mol. The third kappa shape index (κ3) is 3.93. The Labute approximate surface area is 112 Å². The number of hydrogen-bond acceptors (Lipinski definition) is 2. The molecule has 0 aliphatic heterocycles. The quantitative estimate of drug-likeness (QED) is 0.463. The SMILES string of the molecule is Cc1ccc(C#C/C=C/C(=O)c2ccccn2)cc1. The molecule has 1 aromatic heterocycles. The van der Waals surface area contributed by atoms with E-state index in [4.69, 9.17) is 0 Å². The fourth-order valence-corrected chi connectivity index (χ4v) is 1.47. The molecule has 1 heterocycles. The number of rotatable bonds is 2. The van der Waals surface area contributed by atoms with Gasteiger partial charge in [-0.1, -0.05) is 35.6 Å². The second-order valence-electron chi connectivity index (χ2n) is 4.05. The zero-order chi connectivity index (χ0) is 13.5. The van der Waals surface area contributed by atoms with Crippen molar-refractivity contribution >= 4 is 5.78 Å². The molecule has 2 nitrogen and oxygen atoms in total. The number of carbonyl (C=O) groups excluding carboxylic acids is 1. The maximum absolute atomic E-state index is 11.7. The van der Waals surface area contributed by atoms with Gasteiger partial charge in [0, 0.05) is 11.8 Å². The van der Waals surface area contributed by atoms with Gasteiger partial charge in [-0.25, -0.2) is 0 Å². The number of nitrogens with zero attached hydrogens (tertiary/aromatic N) is 1. The van der Waals surface area contributed by atoms with E-state index in [0.717, 1.165) is 5.56 Å². The molecule has 0 radical (unpaired) electrons. The molecule has 0 bridgehead atoms. The van der Waals surface area contributed by atoms with Gasteiger partial charge in [-0.3, -0.25) is 9.78 Å². The lowest BCUT2D eigenvalue weighted by Gasteiger charge is -1.91. The van der Waals surface area contributed by atoms with Gasteiger partial charge in [-0.05, 0) is 43.3 Å². The number of ketones is 1. The van der Waals surface area contributed by atoms with Crippen LogP contribution in [-0.2, 0) is 0 Å². The molecule has 0 unspecified atom stereocenters. The molecule has 0 spiro atoms. The third-order valence-corrected chi connectivity index (χ3v) is 2.50. The molecule has 1 aromatic carbocycles. The van der Waals surface area contributed by atoms with Crippen LogP contribution in [0.3, 0.4) is 0 Å². The average Bonchev–Trinajstić information content (AvgIpc) is 2.46. The second kappa shape index (κ2) is 6.32. The van der Waals surface area contributed by atoms with Gasteiger partial charge in [0.2, 0.25) is 5.78 Å². The Morgan fingerprint density at radius 3 is 2.63 bits per heavy atom. The van der Waals surface area contributed by atoms with Crippen LogP contribution in [-0.4, -0.2) is 10.8 Å². The van der Waals surface area contributed by atoms with Crippen LogP contribution in [0.4, 0.5) is 0 Å². The summed E-state index contributed by atoms with van der Waals surface area (Å²) in [5, 5.41) is 0. The highest BCUT2D eigenvalue weighted by molar-refractivity contribution is 6.03. The van der Waals surface area contributed by atoms with Crippen LogP contribution in [0, 0.1) is 18.8 Å². The minimum absolute atomic E-state index is 0.140. The summed E-state index contributed by atoms with van der Waals surface area (Å²) in [4.78, 5) is 15.7. The van der Waals surface area contributed by atoms with Crippen LogP contribution in [0.25, 0.3) is 0 Å². The summed E-state index contributed by atoms with van der Waals surface area (Å²) in [7, 11) is 0. The first kappa shape index (κ1) is 12.8. The first-order chi connectivity index (χ1) is 9.25. The summed E-state index contributed by atoms with van der Waals surface area (Å²) in [6, 6.07) is 13.2. The molecule has 0 atom stereocenters. The first-order valence-corrected chi connectivity index (χ1v) is 5.96. The summed E-state index contributed by atoms with van der Waals surface area (Å²) in [5.74, 6) is 5.67. The Hall–Kier alpha value is -2.66. The predicted molar refractivity (Wildman–Crippen MR) is 75.8 cm³/mol. The monoisotopic (exact) mass is 247 g/mol. The third-order valence-electron chi connectivity index (χ3n) is 2.50. The highest BCUT2D eigenvalue weighted by atomic mass is 16.1. The zero-order valence-electron chi connectivity index (χ0n) is 10.6. The molecule has 2 rings (SSSR count). The number of benzene rings is 1. The number of hydrogen-bond donors (Lipinski definition) is 0. The molecule has 0 saturated heterocycles. The Balaban J connectivity index is 2.01. The van der Waals surface area contributed by atoms with E-state index in [2.05, 4.69) is 16.8 Å². The number of aryl methyl sites for hydroxylation is 1. The lowest BCUT2D eigenvalue weighted by molar-refractivity contribution is 0.104. The fraction of sp³-hybridized carbons (Fsp3) is 0.0588. The molecule has 0 fully saturated rings. The molecule has 0 N–H and O–H groups in total. The maximum atomic E-state index is 11.7. The van der Waals surface area contributed by atoms with E-state index < -0.39 is 0 Å². The molecule has 2 aromatic rings. The van der Waals surface area contributed by atoms with Crippen molar-refractivity contribution in [1.82, 2.24) is 4.98 Å². The maximum Gasteiger partial charge on any atom is 0.204 e. The highest BCUT2D eigenvalue weighted by Gasteiger charge is 1.99. The van der Waals surface area contributed by atoms with E-state index in [1.54, 1.807) is 30.5 Å². The number of pyridine rings is 1. The lowest BCUT2D eigenvalue weighted by atomic mass is 10.1. The predicted octanol–water partition coefficient (Wildman–Crippen LogP) is 3.18. The number of aromatic nitrogens is 1. The number of allylic oxidation sites excluding steroid dienone is 2. The summed E-state index contributed by atoms with van der Waals surface area (Å²) >= 11 is 0. The summed E-state index contributed by atoms with van der Waals surface area (Å²) in [6.45, 7) is 2.03. The van der Waals surface area contributed by atoms with Crippen molar-refractivity contribution in [2.45, 2.75) is 6.92 Å². The van der Waals surface area contributed by atoms with Gasteiger partial charge in [-0.15, -0.1) is 0 Å². The molecule has 92 valence electrons. The smallest absolute Gasteiger partial charge is 0.204 e. The zero-order valence-corrected chi connectivity index (χ0v) is 10.6. The van der Waals surface area contributed by atoms with Crippen molar-refractivity contribution in [2.24, 2.45) is 0 Å². The first-order valence-electron chi connectivity index (χ1n) is 5.96. The van der Waals surface area contributed by atoms with Crippen molar-refractivity contribution in [3.8, 4) is 11.8 Å². The van der Waals surface area contributed by atoms with Crippen LogP contribution in [0.1, 0.15) is 21.6 Å². The molecule has 0 aliphatic rings. The molecule has 0 aliphatic carbocycles. The van der Waals surface area contributed by atoms with Crippen LogP contribution >= 0.6 is 0 Å². The molecule has 0 saturated carbocycles. The van der Waals surface area contributed by atoms with Crippen LogP contribution in [0.2, 0.25) is 0 Å². The van der Waals surface area contributed by atoms with E-state index >= 15 is 0 Å². The van der Waals surface area contributed by atoms with E-state index in [1.807, 2.05) is 31.2 Å². The van der Waals surface area contributed by atoms with Crippen LogP contribution in [0.15, 0.2) is 60.8 Å². The largest absolute Gasteiger partial charge is 0.288 e. The van der Waals surface area contributed by atoms with Crippen molar-refractivity contribution < 1.29 is 4.79 Å². The van der Waals surface area contributed by atoms with Gasteiger partial charge in [-0.2, -0.15) is 0 Å². The van der Waals surface area contributed by atoms with Gasteiger partial charge >= 0.3 is 0 Å².